The van der Waals surface area contributed by atoms with Crippen LogP contribution < -0.4 is 5.32 Å². The van der Waals surface area contributed by atoms with Gasteiger partial charge in [0.1, 0.15) is 5.69 Å². The first-order valence-electron chi connectivity index (χ1n) is 5.69. The monoisotopic (exact) mass is 254 g/mol. The van der Waals surface area contributed by atoms with Crippen LogP contribution in [0.2, 0.25) is 5.02 Å². The van der Waals surface area contributed by atoms with E-state index in [-0.39, 0.29) is 11.1 Å². The maximum atomic E-state index is 10.9. The molecule has 0 spiro atoms. The molecular formula is C12H15ClN2O2. The molecule has 0 atom stereocenters. The van der Waals surface area contributed by atoms with Crippen LogP contribution >= 0.6 is 11.6 Å². The summed E-state index contributed by atoms with van der Waals surface area (Å²) < 4.78 is 0. The van der Waals surface area contributed by atoms with E-state index in [0.717, 1.165) is 19.4 Å². The van der Waals surface area contributed by atoms with Crippen LogP contribution in [-0.4, -0.2) is 11.5 Å². The van der Waals surface area contributed by atoms with Crippen LogP contribution in [0.5, 0.6) is 0 Å². The van der Waals surface area contributed by atoms with Crippen molar-refractivity contribution in [3.8, 4) is 0 Å². The van der Waals surface area contributed by atoms with Crippen LogP contribution in [0.4, 0.5) is 11.4 Å². The fourth-order valence-corrected chi connectivity index (χ4v) is 2.34. The predicted molar refractivity (Wildman–Crippen MR) is 68.6 cm³/mol. The van der Waals surface area contributed by atoms with E-state index >= 15 is 0 Å². The number of nitro benzene ring substituents is 1. The van der Waals surface area contributed by atoms with Gasteiger partial charge in [0.05, 0.1) is 9.95 Å². The Kier molecular flexibility index (Phi) is 3.24. The number of halogens is 1. The van der Waals surface area contributed by atoms with E-state index in [4.69, 9.17) is 11.6 Å². The topological polar surface area (TPSA) is 55.2 Å². The van der Waals surface area contributed by atoms with Gasteiger partial charge in [0.15, 0.2) is 0 Å². The van der Waals surface area contributed by atoms with Crippen molar-refractivity contribution in [2.75, 3.05) is 11.9 Å². The number of hydrogen-bond donors (Lipinski definition) is 1. The fourth-order valence-electron chi connectivity index (χ4n) is 2.10. The number of nitrogens with one attached hydrogen (secondary N) is 1. The Labute approximate surface area is 105 Å². The molecule has 0 saturated heterocycles. The van der Waals surface area contributed by atoms with Gasteiger partial charge >= 0.3 is 0 Å². The van der Waals surface area contributed by atoms with Gasteiger partial charge in [-0.05, 0) is 24.3 Å². The number of nitro groups is 1. The minimum Gasteiger partial charge on any atom is -0.378 e. The Hall–Kier alpha value is -1.29. The highest BCUT2D eigenvalue weighted by molar-refractivity contribution is 6.33. The van der Waals surface area contributed by atoms with E-state index < -0.39 is 4.92 Å². The van der Waals surface area contributed by atoms with E-state index in [2.05, 4.69) is 12.2 Å². The van der Waals surface area contributed by atoms with E-state index in [1.165, 1.54) is 12.5 Å². The zero-order valence-corrected chi connectivity index (χ0v) is 10.5. The third kappa shape index (κ3) is 2.52. The molecule has 17 heavy (non-hydrogen) atoms. The molecule has 0 aliphatic heterocycles. The lowest BCUT2D eigenvalue weighted by atomic mass is 9.70. The summed E-state index contributed by atoms with van der Waals surface area (Å²) in [4.78, 5) is 10.5. The molecule has 0 heterocycles. The van der Waals surface area contributed by atoms with Gasteiger partial charge in [-0.25, -0.2) is 0 Å². The highest BCUT2D eigenvalue weighted by atomic mass is 35.5. The molecule has 1 saturated carbocycles. The number of benzene rings is 1. The molecular weight excluding hydrogens is 240 g/mol. The first-order valence-corrected chi connectivity index (χ1v) is 6.06. The van der Waals surface area contributed by atoms with Gasteiger partial charge in [-0.2, -0.15) is 0 Å². The largest absolute Gasteiger partial charge is 0.378 e. The minimum absolute atomic E-state index is 0.0421. The van der Waals surface area contributed by atoms with Crippen molar-refractivity contribution < 1.29 is 4.92 Å². The number of hydrogen-bond acceptors (Lipinski definition) is 3. The minimum atomic E-state index is -0.405. The second-order valence-electron chi connectivity index (χ2n) is 4.91. The maximum Gasteiger partial charge on any atom is 0.293 e. The molecule has 1 aromatic carbocycles. The Morgan fingerprint density at radius 3 is 2.76 bits per heavy atom. The highest BCUT2D eigenvalue weighted by Gasteiger charge is 2.32. The average molecular weight is 255 g/mol. The summed E-state index contributed by atoms with van der Waals surface area (Å²) in [5.74, 6) is 0. The molecule has 1 N–H and O–H groups in total. The van der Waals surface area contributed by atoms with Crippen molar-refractivity contribution in [3.63, 3.8) is 0 Å². The van der Waals surface area contributed by atoms with Crippen molar-refractivity contribution in [3.05, 3.63) is 33.3 Å². The first kappa shape index (κ1) is 12.2. The lowest BCUT2D eigenvalue weighted by Crippen LogP contribution is -2.33. The number of nitrogens with zero attached hydrogens (tertiary/aromatic N) is 1. The standard InChI is InChI=1S/C12H15ClN2O2/c1-12(6-3-7-12)8-14-11-9(13)4-2-5-10(11)15(16)17/h2,4-5,14H,3,6-8H2,1H3. The molecule has 1 fully saturated rings. The molecule has 92 valence electrons. The van der Waals surface area contributed by atoms with Crippen LogP contribution in [0.25, 0.3) is 0 Å². The molecule has 4 nitrogen and oxygen atoms in total. The third-order valence-electron chi connectivity index (χ3n) is 3.44. The van der Waals surface area contributed by atoms with Crippen molar-refractivity contribution in [1.29, 1.82) is 0 Å². The van der Waals surface area contributed by atoms with Gasteiger partial charge in [0, 0.05) is 12.6 Å². The van der Waals surface area contributed by atoms with Gasteiger partial charge in [0.2, 0.25) is 0 Å². The van der Waals surface area contributed by atoms with Crippen LogP contribution in [0, 0.1) is 15.5 Å². The van der Waals surface area contributed by atoms with Crippen LogP contribution in [-0.2, 0) is 0 Å². The molecule has 0 radical (unpaired) electrons. The summed E-state index contributed by atoms with van der Waals surface area (Å²) in [5, 5.41) is 14.4. The maximum absolute atomic E-state index is 10.9. The van der Waals surface area contributed by atoms with Gasteiger partial charge in [-0.3, -0.25) is 10.1 Å². The van der Waals surface area contributed by atoms with Gasteiger partial charge in [-0.1, -0.05) is 31.0 Å². The zero-order valence-electron chi connectivity index (χ0n) is 9.70. The first-order chi connectivity index (χ1) is 8.02. The molecule has 0 bridgehead atoms. The van der Waals surface area contributed by atoms with E-state index in [0.29, 0.717) is 10.7 Å². The van der Waals surface area contributed by atoms with Gasteiger partial charge < -0.3 is 5.32 Å². The molecule has 0 amide bonds. The molecule has 2 rings (SSSR count). The lowest BCUT2D eigenvalue weighted by Gasteiger charge is -2.38. The predicted octanol–water partition coefficient (Wildman–Crippen LogP) is 3.85. The van der Waals surface area contributed by atoms with Gasteiger partial charge in [-0.15, -0.1) is 0 Å². The second kappa shape index (κ2) is 4.53. The second-order valence-corrected chi connectivity index (χ2v) is 5.32. The smallest absolute Gasteiger partial charge is 0.293 e. The normalized spacial score (nSPS) is 17.3. The Morgan fingerprint density at radius 2 is 2.24 bits per heavy atom. The molecule has 1 aliphatic carbocycles. The summed E-state index contributed by atoms with van der Waals surface area (Å²) in [6.45, 7) is 2.92. The number of para-hydroxylation sites is 1. The summed E-state index contributed by atoms with van der Waals surface area (Å²) in [6, 6.07) is 4.73. The summed E-state index contributed by atoms with van der Waals surface area (Å²) in [6.07, 6.45) is 3.57. The number of rotatable bonds is 4. The SMILES string of the molecule is CC1(CNc2c(Cl)cccc2[N+](=O)[O-])CCC1. The quantitative estimate of drug-likeness (QED) is 0.656. The van der Waals surface area contributed by atoms with E-state index in [1.807, 2.05) is 0 Å². The van der Waals surface area contributed by atoms with Crippen LogP contribution in [0.1, 0.15) is 26.2 Å². The summed E-state index contributed by atoms with van der Waals surface area (Å²) in [7, 11) is 0. The molecule has 5 heteroatoms. The van der Waals surface area contributed by atoms with Crippen LogP contribution in [0.15, 0.2) is 18.2 Å². The third-order valence-corrected chi connectivity index (χ3v) is 3.76. The Bertz CT molecular complexity index is 444. The van der Waals surface area contributed by atoms with E-state index in [9.17, 15) is 10.1 Å². The van der Waals surface area contributed by atoms with Gasteiger partial charge in [0.25, 0.3) is 5.69 Å². The zero-order chi connectivity index (χ0) is 12.5. The molecule has 1 aliphatic rings. The Balaban J connectivity index is 2.16. The fraction of sp³-hybridized carbons (Fsp3) is 0.500. The number of anilines is 1. The molecule has 0 aromatic heterocycles. The van der Waals surface area contributed by atoms with Crippen molar-refractivity contribution in [2.24, 2.45) is 5.41 Å². The highest BCUT2D eigenvalue weighted by Crippen LogP contribution is 2.41. The van der Waals surface area contributed by atoms with Crippen molar-refractivity contribution >= 4 is 23.0 Å². The van der Waals surface area contributed by atoms with Crippen molar-refractivity contribution in [2.45, 2.75) is 26.2 Å². The average Bonchev–Trinajstić information content (AvgIpc) is 2.24. The molecule has 1 aromatic rings. The lowest BCUT2D eigenvalue weighted by molar-refractivity contribution is -0.384. The summed E-state index contributed by atoms with van der Waals surface area (Å²) in [5.41, 5.74) is 0.736. The van der Waals surface area contributed by atoms with Crippen LogP contribution in [0.3, 0.4) is 0 Å². The molecule has 0 unspecified atom stereocenters. The summed E-state index contributed by atoms with van der Waals surface area (Å²) >= 11 is 6.00. The van der Waals surface area contributed by atoms with E-state index in [1.54, 1.807) is 12.1 Å². The Morgan fingerprint density at radius 1 is 1.53 bits per heavy atom. The van der Waals surface area contributed by atoms with Crippen molar-refractivity contribution in [1.82, 2.24) is 0 Å².